The van der Waals surface area contributed by atoms with Crippen molar-refractivity contribution in [1.29, 1.82) is 0 Å². The number of hydrogen-bond acceptors (Lipinski definition) is 2. The largest absolute Gasteiger partial charge is 0.337 e. The number of carbonyl (C=O) groups excluding carboxylic acids is 1. The van der Waals surface area contributed by atoms with Gasteiger partial charge >= 0.3 is 6.03 Å². The van der Waals surface area contributed by atoms with E-state index in [2.05, 4.69) is 47.1 Å². The fourth-order valence-electron chi connectivity index (χ4n) is 2.53. The maximum absolute atomic E-state index is 11.8. The molecule has 0 aliphatic heterocycles. The second kappa shape index (κ2) is 10.4. The van der Waals surface area contributed by atoms with E-state index in [1.807, 2.05) is 30.3 Å². The van der Waals surface area contributed by atoms with E-state index in [4.69, 9.17) is 0 Å². The third-order valence-corrected chi connectivity index (χ3v) is 3.85. The minimum atomic E-state index is -0.175. The fourth-order valence-corrected chi connectivity index (χ4v) is 2.53. The van der Waals surface area contributed by atoms with Crippen LogP contribution >= 0.6 is 0 Å². The first-order valence-corrected chi connectivity index (χ1v) is 8.67. The molecule has 0 saturated heterocycles. The molecule has 2 rings (SSSR count). The van der Waals surface area contributed by atoms with E-state index >= 15 is 0 Å². The Bertz CT molecular complexity index is 613. The first kappa shape index (κ1) is 18.0. The van der Waals surface area contributed by atoms with Gasteiger partial charge in [0, 0.05) is 25.3 Å². The van der Waals surface area contributed by atoms with Crippen molar-refractivity contribution in [3.05, 3.63) is 65.7 Å². The number of urea groups is 1. The van der Waals surface area contributed by atoms with Crippen molar-refractivity contribution in [3.63, 3.8) is 0 Å². The van der Waals surface area contributed by atoms with Crippen LogP contribution < -0.4 is 16.0 Å². The summed E-state index contributed by atoms with van der Waals surface area (Å²) in [5, 5.41) is 9.05. The molecule has 0 aromatic heterocycles. The number of unbranched alkanes of at least 4 members (excludes halogenated alkanes) is 1. The zero-order valence-corrected chi connectivity index (χ0v) is 14.3. The van der Waals surface area contributed by atoms with Gasteiger partial charge in [0.15, 0.2) is 0 Å². The van der Waals surface area contributed by atoms with Crippen LogP contribution in [-0.4, -0.2) is 19.1 Å². The molecule has 0 saturated carbocycles. The zero-order chi connectivity index (χ0) is 17.0. The van der Waals surface area contributed by atoms with Crippen molar-refractivity contribution in [2.24, 2.45) is 0 Å². The second-order valence-corrected chi connectivity index (χ2v) is 5.80. The molecular weight excluding hydrogens is 298 g/mol. The van der Waals surface area contributed by atoms with Gasteiger partial charge in [-0.3, -0.25) is 0 Å². The maximum Gasteiger partial charge on any atom is 0.319 e. The van der Waals surface area contributed by atoms with Crippen LogP contribution in [0.15, 0.2) is 54.6 Å². The van der Waals surface area contributed by atoms with E-state index in [0.29, 0.717) is 6.54 Å². The Kier molecular flexibility index (Phi) is 7.84. The van der Waals surface area contributed by atoms with E-state index in [-0.39, 0.29) is 6.03 Å². The Hall–Kier alpha value is -2.33. The van der Waals surface area contributed by atoms with Gasteiger partial charge < -0.3 is 16.0 Å². The molecular formula is C20H27N3O. The minimum absolute atomic E-state index is 0.175. The Morgan fingerprint density at radius 1 is 0.917 bits per heavy atom. The van der Waals surface area contributed by atoms with Gasteiger partial charge in [-0.15, -0.1) is 0 Å². The number of aryl methyl sites for hydroxylation is 1. The molecule has 3 N–H and O–H groups in total. The quantitative estimate of drug-likeness (QED) is 0.612. The summed E-state index contributed by atoms with van der Waals surface area (Å²) in [6.45, 7) is 4.38. The molecule has 4 nitrogen and oxygen atoms in total. The minimum Gasteiger partial charge on any atom is -0.337 e. The van der Waals surface area contributed by atoms with Crippen molar-refractivity contribution in [3.8, 4) is 0 Å². The molecule has 2 aromatic carbocycles. The third-order valence-electron chi connectivity index (χ3n) is 3.85. The lowest BCUT2D eigenvalue weighted by atomic mass is 10.0. The summed E-state index contributed by atoms with van der Waals surface area (Å²) in [6.07, 6.45) is 3.56. The van der Waals surface area contributed by atoms with Crippen LogP contribution in [-0.2, 0) is 13.0 Å². The number of amides is 2. The molecule has 4 heteroatoms. The summed E-state index contributed by atoms with van der Waals surface area (Å²) in [4.78, 5) is 11.8. The third kappa shape index (κ3) is 6.42. The van der Waals surface area contributed by atoms with Crippen LogP contribution in [0, 0.1) is 0 Å². The van der Waals surface area contributed by atoms with Crippen LogP contribution in [0.2, 0.25) is 0 Å². The molecule has 0 heterocycles. The molecule has 0 bridgehead atoms. The van der Waals surface area contributed by atoms with Gasteiger partial charge in [0.25, 0.3) is 0 Å². The Balaban J connectivity index is 1.65. The number of carbonyl (C=O) groups is 1. The molecule has 0 unspecified atom stereocenters. The van der Waals surface area contributed by atoms with Crippen molar-refractivity contribution >= 4 is 11.7 Å². The summed E-state index contributed by atoms with van der Waals surface area (Å²) < 4.78 is 0. The van der Waals surface area contributed by atoms with Crippen molar-refractivity contribution in [1.82, 2.24) is 10.6 Å². The smallest absolute Gasteiger partial charge is 0.319 e. The molecule has 0 aliphatic rings. The van der Waals surface area contributed by atoms with Crippen LogP contribution in [0.25, 0.3) is 0 Å². The maximum atomic E-state index is 11.8. The predicted octanol–water partition coefficient (Wildman–Crippen LogP) is 3.94. The van der Waals surface area contributed by atoms with Crippen LogP contribution in [0.3, 0.4) is 0 Å². The van der Waals surface area contributed by atoms with E-state index in [9.17, 15) is 4.79 Å². The van der Waals surface area contributed by atoms with E-state index in [1.165, 1.54) is 24.0 Å². The van der Waals surface area contributed by atoms with E-state index in [1.54, 1.807) is 0 Å². The zero-order valence-electron chi connectivity index (χ0n) is 14.3. The van der Waals surface area contributed by atoms with Gasteiger partial charge in [-0.05, 0) is 36.1 Å². The lowest BCUT2D eigenvalue weighted by Crippen LogP contribution is -2.34. The van der Waals surface area contributed by atoms with Gasteiger partial charge in [-0.2, -0.15) is 0 Å². The van der Waals surface area contributed by atoms with E-state index in [0.717, 1.165) is 25.2 Å². The summed E-state index contributed by atoms with van der Waals surface area (Å²) >= 11 is 0. The summed E-state index contributed by atoms with van der Waals surface area (Å²) in [7, 11) is 0. The highest BCUT2D eigenvalue weighted by Gasteiger charge is 2.02. The molecule has 0 atom stereocenters. The SMILES string of the molecule is CCCCc1ccccc1CNCCNC(=O)Nc1ccccc1. The van der Waals surface area contributed by atoms with Gasteiger partial charge in [0.2, 0.25) is 0 Å². The van der Waals surface area contributed by atoms with Crippen LogP contribution in [0.5, 0.6) is 0 Å². The first-order valence-electron chi connectivity index (χ1n) is 8.67. The molecule has 2 amide bonds. The van der Waals surface area contributed by atoms with Gasteiger partial charge in [0.05, 0.1) is 0 Å². The average Bonchev–Trinajstić information content (AvgIpc) is 2.61. The highest BCUT2D eigenvalue weighted by Crippen LogP contribution is 2.11. The number of benzene rings is 2. The van der Waals surface area contributed by atoms with Crippen LogP contribution in [0.4, 0.5) is 10.5 Å². The highest BCUT2D eigenvalue weighted by molar-refractivity contribution is 5.89. The van der Waals surface area contributed by atoms with Crippen molar-refractivity contribution in [2.75, 3.05) is 18.4 Å². The predicted molar refractivity (Wildman–Crippen MR) is 100 cm³/mol. The van der Waals surface area contributed by atoms with Gasteiger partial charge in [0.1, 0.15) is 0 Å². The standard InChI is InChI=1S/C20H27N3O/c1-2-3-9-17-10-7-8-11-18(17)16-21-14-15-22-20(24)23-19-12-5-4-6-13-19/h4-8,10-13,21H,2-3,9,14-16H2,1H3,(H2,22,23,24). The summed E-state index contributed by atoms with van der Waals surface area (Å²) in [5.74, 6) is 0. The highest BCUT2D eigenvalue weighted by atomic mass is 16.2. The number of nitrogens with one attached hydrogen (secondary N) is 3. The summed E-state index contributed by atoms with van der Waals surface area (Å²) in [5.41, 5.74) is 3.56. The Morgan fingerprint density at radius 2 is 1.62 bits per heavy atom. The molecule has 2 aromatic rings. The lowest BCUT2D eigenvalue weighted by Gasteiger charge is -2.11. The van der Waals surface area contributed by atoms with E-state index < -0.39 is 0 Å². The van der Waals surface area contributed by atoms with Crippen molar-refractivity contribution in [2.45, 2.75) is 32.7 Å². The molecule has 0 fully saturated rings. The number of para-hydroxylation sites is 1. The number of rotatable bonds is 9. The number of hydrogen-bond donors (Lipinski definition) is 3. The van der Waals surface area contributed by atoms with Crippen LogP contribution in [0.1, 0.15) is 30.9 Å². The average molecular weight is 325 g/mol. The lowest BCUT2D eigenvalue weighted by molar-refractivity contribution is 0.252. The normalized spacial score (nSPS) is 10.4. The van der Waals surface area contributed by atoms with Gasteiger partial charge in [-0.25, -0.2) is 4.79 Å². The fraction of sp³-hybridized carbons (Fsp3) is 0.350. The monoisotopic (exact) mass is 325 g/mol. The Morgan fingerprint density at radius 3 is 2.38 bits per heavy atom. The summed E-state index contributed by atoms with van der Waals surface area (Å²) in [6, 6.07) is 17.8. The molecule has 128 valence electrons. The first-order chi connectivity index (χ1) is 11.8. The van der Waals surface area contributed by atoms with Crippen molar-refractivity contribution < 1.29 is 4.79 Å². The number of anilines is 1. The molecule has 0 spiro atoms. The second-order valence-electron chi connectivity index (χ2n) is 5.80. The molecule has 0 radical (unpaired) electrons. The molecule has 0 aliphatic carbocycles. The molecule has 24 heavy (non-hydrogen) atoms. The van der Waals surface area contributed by atoms with Gasteiger partial charge in [-0.1, -0.05) is 55.8 Å². The Labute approximate surface area is 144 Å². The topological polar surface area (TPSA) is 53.2 Å².